The molecule has 1 heterocycles. The van der Waals surface area contributed by atoms with Crippen LogP contribution in [0.2, 0.25) is 10.0 Å². The van der Waals surface area contributed by atoms with Gasteiger partial charge in [-0.15, -0.1) is 0 Å². The summed E-state index contributed by atoms with van der Waals surface area (Å²) in [6.07, 6.45) is 0.190. The number of halogens is 2. The molecule has 1 aromatic carbocycles. The molecular formula is C10H8Cl2O3. The molecule has 0 atom stereocenters. The van der Waals surface area contributed by atoms with Gasteiger partial charge in [0, 0.05) is 11.1 Å². The number of hydrogen-bond donors (Lipinski definition) is 0. The van der Waals surface area contributed by atoms with E-state index in [2.05, 4.69) is 0 Å². The van der Waals surface area contributed by atoms with E-state index in [0.717, 1.165) is 0 Å². The number of carbonyl (C=O) groups excluding carboxylic acids is 1. The van der Waals surface area contributed by atoms with Crippen LogP contribution in [-0.4, -0.2) is 19.5 Å². The monoisotopic (exact) mass is 246 g/mol. The first-order valence-electron chi connectivity index (χ1n) is 4.39. The molecule has 5 heteroatoms. The Labute approximate surface area is 96.9 Å². The maximum Gasteiger partial charge on any atom is 0.185 e. The largest absolute Gasteiger partial charge is 0.346 e. The number of hydrogen-bond acceptors (Lipinski definition) is 3. The van der Waals surface area contributed by atoms with Crippen molar-refractivity contribution in [2.24, 2.45) is 0 Å². The summed E-state index contributed by atoms with van der Waals surface area (Å²) in [5.74, 6) is 0. The highest BCUT2D eigenvalue weighted by atomic mass is 35.5. The standard InChI is InChI=1S/C10H8Cl2O3/c11-8-4-6(5-13)3-7(9(8)12)10-14-1-2-15-10/h3-5,10H,1-2H2. The fourth-order valence-corrected chi connectivity index (χ4v) is 1.84. The molecule has 1 saturated heterocycles. The summed E-state index contributed by atoms with van der Waals surface area (Å²) in [5.41, 5.74) is 1.06. The van der Waals surface area contributed by atoms with Crippen LogP contribution in [0.5, 0.6) is 0 Å². The van der Waals surface area contributed by atoms with Gasteiger partial charge in [-0.2, -0.15) is 0 Å². The lowest BCUT2D eigenvalue weighted by molar-refractivity contribution is -0.0440. The molecule has 0 radical (unpaired) electrons. The molecule has 0 saturated carbocycles. The van der Waals surface area contributed by atoms with Gasteiger partial charge in [-0.1, -0.05) is 23.2 Å². The zero-order chi connectivity index (χ0) is 10.8. The molecule has 0 N–H and O–H groups in total. The Kier molecular flexibility index (Phi) is 3.26. The van der Waals surface area contributed by atoms with Gasteiger partial charge in [0.15, 0.2) is 6.29 Å². The van der Waals surface area contributed by atoms with Crippen molar-refractivity contribution in [2.75, 3.05) is 13.2 Å². The number of benzene rings is 1. The molecule has 0 amide bonds. The van der Waals surface area contributed by atoms with Crippen molar-refractivity contribution in [2.45, 2.75) is 6.29 Å². The zero-order valence-corrected chi connectivity index (χ0v) is 9.22. The zero-order valence-electron chi connectivity index (χ0n) is 7.70. The van der Waals surface area contributed by atoms with E-state index in [0.29, 0.717) is 40.7 Å². The summed E-state index contributed by atoms with van der Waals surface area (Å²) < 4.78 is 10.6. The molecule has 0 aliphatic carbocycles. The van der Waals surface area contributed by atoms with Gasteiger partial charge in [0.1, 0.15) is 6.29 Å². The topological polar surface area (TPSA) is 35.5 Å². The van der Waals surface area contributed by atoms with E-state index in [1.54, 1.807) is 6.07 Å². The van der Waals surface area contributed by atoms with E-state index in [4.69, 9.17) is 32.7 Å². The van der Waals surface area contributed by atoms with E-state index in [1.807, 2.05) is 0 Å². The highest BCUT2D eigenvalue weighted by Gasteiger charge is 2.22. The van der Waals surface area contributed by atoms with Crippen molar-refractivity contribution >= 4 is 29.5 Å². The van der Waals surface area contributed by atoms with E-state index in [9.17, 15) is 4.79 Å². The van der Waals surface area contributed by atoms with Crippen molar-refractivity contribution in [3.63, 3.8) is 0 Å². The first-order chi connectivity index (χ1) is 7.22. The Bertz CT molecular complexity index is 386. The summed E-state index contributed by atoms with van der Waals surface area (Å²) in [5, 5.41) is 0.699. The van der Waals surface area contributed by atoms with Gasteiger partial charge < -0.3 is 9.47 Å². The summed E-state index contributed by atoms with van der Waals surface area (Å²) >= 11 is 11.9. The van der Waals surface area contributed by atoms with Gasteiger partial charge in [-0.3, -0.25) is 4.79 Å². The Balaban J connectivity index is 2.43. The van der Waals surface area contributed by atoms with Crippen LogP contribution < -0.4 is 0 Å². The van der Waals surface area contributed by atoms with Crippen molar-refractivity contribution in [1.29, 1.82) is 0 Å². The fourth-order valence-electron chi connectivity index (χ4n) is 1.41. The van der Waals surface area contributed by atoms with E-state index in [1.165, 1.54) is 6.07 Å². The van der Waals surface area contributed by atoms with Crippen LogP contribution in [-0.2, 0) is 9.47 Å². The molecule has 0 spiro atoms. The number of carbonyl (C=O) groups is 1. The van der Waals surface area contributed by atoms with Crippen LogP contribution in [0.3, 0.4) is 0 Å². The molecule has 15 heavy (non-hydrogen) atoms. The Morgan fingerprint density at radius 3 is 2.53 bits per heavy atom. The number of ether oxygens (including phenoxy) is 2. The van der Waals surface area contributed by atoms with Gasteiger partial charge in [-0.05, 0) is 12.1 Å². The van der Waals surface area contributed by atoms with E-state index in [-0.39, 0.29) is 0 Å². The Morgan fingerprint density at radius 1 is 1.27 bits per heavy atom. The first-order valence-corrected chi connectivity index (χ1v) is 5.15. The van der Waals surface area contributed by atoms with Gasteiger partial charge in [0.05, 0.1) is 23.3 Å². The summed E-state index contributed by atoms with van der Waals surface area (Å²) in [4.78, 5) is 10.7. The van der Waals surface area contributed by atoms with Crippen molar-refractivity contribution < 1.29 is 14.3 Å². The molecule has 3 nitrogen and oxygen atoms in total. The Hall–Kier alpha value is -0.610. The quantitative estimate of drug-likeness (QED) is 0.754. The second kappa shape index (κ2) is 4.49. The number of rotatable bonds is 2. The second-order valence-electron chi connectivity index (χ2n) is 3.10. The molecule has 1 aliphatic heterocycles. The van der Waals surface area contributed by atoms with Gasteiger partial charge in [-0.25, -0.2) is 0 Å². The lowest BCUT2D eigenvalue weighted by atomic mass is 10.1. The summed E-state index contributed by atoms with van der Waals surface area (Å²) in [6, 6.07) is 3.13. The molecule has 1 aliphatic rings. The molecule has 0 aromatic heterocycles. The smallest absolute Gasteiger partial charge is 0.185 e. The average molecular weight is 247 g/mol. The third-order valence-electron chi connectivity index (χ3n) is 2.09. The maximum absolute atomic E-state index is 10.7. The summed E-state index contributed by atoms with van der Waals surface area (Å²) in [7, 11) is 0. The third kappa shape index (κ3) is 2.16. The predicted molar refractivity (Wildman–Crippen MR) is 56.5 cm³/mol. The fraction of sp³-hybridized carbons (Fsp3) is 0.300. The second-order valence-corrected chi connectivity index (χ2v) is 3.88. The number of aldehydes is 1. The molecule has 2 rings (SSSR count). The highest BCUT2D eigenvalue weighted by molar-refractivity contribution is 6.42. The molecule has 0 unspecified atom stereocenters. The highest BCUT2D eigenvalue weighted by Crippen LogP contribution is 2.34. The minimum atomic E-state index is -0.519. The molecular weight excluding hydrogens is 239 g/mol. The van der Waals surface area contributed by atoms with Gasteiger partial charge >= 0.3 is 0 Å². The molecule has 1 fully saturated rings. The van der Waals surface area contributed by atoms with Crippen LogP contribution >= 0.6 is 23.2 Å². The van der Waals surface area contributed by atoms with Crippen LogP contribution in [0, 0.1) is 0 Å². The van der Waals surface area contributed by atoms with Gasteiger partial charge in [0.2, 0.25) is 0 Å². The Morgan fingerprint density at radius 2 is 1.93 bits per heavy atom. The molecule has 0 bridgehead atoms. The summed E-state index contributed by atoms with van der Waals surface area (Å²) in [6.45, 7) is 1.04. The van der Waals surface area contributed by atoms with E-state index < -0.39 is 6.29 Å². The predicted octanol–water partition coefficient (Wildman–Crippen LogP) is 2.85. The van der Waals surface area contributed by atoms with Crippen LogP contribution in [0.15, 0.2) is 12.1 Å². The molecule has 80 valence electrons. The minimum Gasteiger partial charge on any atom is -0.346 e. The third-order valence-corrected chi connectivity index (χ3v) is 2.91. The van der Waals surface area contributed by atoms with Crippen LogP contribution in [0.4, 0.5) is 0 Å². The normalized spacial score (nSPS) is 16.9. The van der Waals surface area contributed by atoms with Crippen molar-refractivity contribution in [3.05, 3.63) is 33.3 Å². The lowest BCUT2D eigenvalue weighted by Gasteiger charge is -2.12. The van der Waals surface area contributed by atoms with Gasteiger partial charge in [0.25, 0.3) is 0 Å². The maximum atomic E-state index is 10.7. The van der Waals surface area contributed by atoms with Crippen LogP contribution in [0.25, 0.3) is 0 Å². The molecule has 1 aromatic rings. The van der Waals surface area contributed by atoms with E-state index >= 15 is 0 Å². The lowest BCUT2D eigenvalue weighted by Crippen LogP contribution is -2.00. The minimum absolute atomic E-state index is 0.329. The van der Waals surface area contributed by atoms with Crippen molar-refractivity contribution in [1.82, 2.24) is 0 Å². The average Bonchev–Trinajstić information content (AvgIpc) is 2.75. The van der Waals surface area contributed by atoms with Crippen molar-refractivity contribution in [3.8, 4) is 0 Å². The van der Waals surface area contributed by atoms with Crippen LogP contribution in [0.1, 0.15) is 22.2 Å². The first kappa shape index (κ1) is 10.9. The SMILES string of the molecule is O=Cc1cc(Cl)c(Cl)c(C2OCCO2)c1.